The van der Waals surface area contributed by atoms with Gasteiger partial charge in [0.25, 0.3) is 0 Å². The molecule has 1 heteroatoms. The number of hydrogen-bond donors (Lipinski definition) is 0. The molecule has 1 spiro atoms. The number of fused-ring (bicyclic) bond motifs is 9. The standard InChI is InChI=1S/C25H18Si.4C2H6/c1-5-13-22-18(9-1)17-19-10-2-6-14-23(19)26(22)24-15-7-3-11-20(24)21-12-4-8-16-25(21)26;4*1-2/h1-16H,17H2;4*1-2H3. The fourth-order valence-electron chi connectivity index (χ4n) is 5.25. The fourth-order valence-corrected chi connectivity index (χ4v) is 10.9. The van der Waals surface area contributed by atoms with Gasteiger partial charge in [-0.05, 0) is 49.4 Å². The third kappa shape index (κ3) is 4.30. The van der Waals surface area contributed by atoms with E-state index in [4.69, 9.17) is 0 Å². The van der Waals surface area contributed by atoms with E-state index < -0.39 is 8.07 Å². The molecule has 2 aliphatic heterocycles. The van der Waals surface area contributed by atoms with Crippen LogP contribution >= 0.6 is 0 Å². The van der Waals surface area contributed by atoms with Crippen molar-refractivity contribution in [1.29, 1.82) is 0 Å². The number of rotatable bonds is 0. The summed E-state index contributed by atoms with van der Waals surface area (Å²) >= 11 is 0. The predicted molar refractivity (Wildman–Crippen MR) is 157 cm³/mol. The molecule has 2 heterocycles. The first-order valence-electron chi connectivity index (χ1n) is 13.3. The molecule has 6 rings (SSSR count). The highest BCUT2D eigenvalue weighted by atomic mass is 28.3. The summed E-state index contributed by atoms with van der Waals surface area (Å²) in [6, 6.07) is 36.5. The monoisotopic (exact) mass is 466 g/mol. The zero-order valence-corrected chi connectivity index (χ0v) is 23.4. The van der Waals surface area contributed by atoms with Crippen LogP contribution in [0, 0.1) is 0 Å². The highest BCUT2D eigenvalue weighted by Crippen LogP contribution is 2.31. The van der Waals surface area contributed by atoms with E-state index in [0.29, 0.717) is 0 Å². The van der Waals surface area contributed by atoms with Gasteiger partial charge in [-0.1, -0.05) is 152 Å². The second kappa shape index (κ2) is 13.1. The van der Waals surface area contributed by atoms with Gasteiger partial charge in [-0.15, -0.1) is 0 Å². The first-order valence-corrected chi connectivity index (χ1v) is 15.3. The van der Waals surface area contributed by atoms with Gasteiger partial charge >= 0.3 is 0 Å². The first kappa shape index (κ1) is 27.3. The molecule has 0 aliphatic carbocycles. The second-order valence-electron chi connectivity index (χ2n) is 7.33. The van der Waals surface area contributed by atoms with E-state index in [1.54, 1.807) is 20.7 Å². The van der Waals surface area contributed by atoms with Gasteiger partial charge in [0.2, 0.25) is 0 Å². The lowest BCUT2D eigenvalue weighted by Gasteiger charge is -2.38. The van der Waals surface area contributed by atoms with Crippen LogP contribution in [0.5, 0.6) is 0 Å². The van der Waals surface area contributed by atoms with Crippen molar-refractivity contribution in [2.45, 2.75) is 61.8 Å². The van der Waals surface area contributed by atoms with E-state index in [1.165, 1.54) is 22.3 Å². The Morgan fingerprint density at radius 1 is 0.382 bits per heavy atom. The Morgan fingerprint density at radius 2 is 0.676 bits per heavy atom. The van der Waals surface area contributed by atoms with Gasteiger partial charge in [0.15, 0.2) is 8.07 Å². The normalized spacial score (nSPS) is 12.2. The van der Waals surface area contributed by atoms with Gasteiger partial charge in [-0.25, -0.2) is 0 Å². The summed E-state index contributed by atoms with van der Waals surface area (Å²) in [5, 5.41) is 6.27. The van der Waals surface area contributed by atoms with E-state index in [2.05, 4.69) is 97.1 Å². The molecule has 0 saturated heterocycles. The zero-order chi connectivity index (χ0) is 25.1. The van der Waals surface area contributed by atoms with Crippen molar-refractivity contribution in [3.8, 4) is 11.1 Å². The zero-order valence-electron chi connectivity index (χ0n) is 22.4. The highest BCUT2D eigenvalue weighted by Gasteiger charge is 2.51. The minimum atomic E-state index is -2.20. The summed E-state index contributed by atoms with van der Waals surface area (Å²) in [7, 11) is -2.20. The minimum Gasteiger partial charge on any atom is -0.0683 e. The maximum atomic E-state index is 2.40. The van der Waals surface area contributed by atoms with Crippen LogP contribution in [-0.2, 0) is 6.42 Å². The predicted octanol–water partition coefficient (Wildman–Crippen LogP) is 7.05. The van der Waals surface area contributed by atoms with Gasteiger partial charge in [0, 0.05) is 0 Å². The molecule has 0 N–H and O–H groups in total. The SMILES string of the molecule is CC.CC.CC.CC.c1ccc2c(c1)Cc1ccccc1[Si]21c2ccccc2-c2ccccc21. The molecule has 0 radical (unpaired) electrons. The smallest absolute Gasteiger partial charge is 0.0683 e. The van der Waals surface area contributed by atoms with Gasteiger partial charge in [0.05, 0.1) is 0 Å². The summed E-state index contributed by atoms with van der Waals surface area (Å²) in [4.78, 5) is 0. The molecule has 0 saturated carbocycles. The van der Waals surface area contributed by atoms with E-state index in [9.17, 15) is 0 Å². The van der Waals surface area contributed by atoms with E-state index >= 15 is 0 Å². The lowest BCUT2D eigenvalue weighted by Crippen LogP contribution is -2.75. The Hall–Kier alpha value is -2.90. The van der Waals surface area contributed by atoms with Crippen molar-refractivity contribution >= 4 is 28.8 Å². The number of benzene rings is 4. The van der Waals surface area contributed by atoms with Crippen molar-refractivity contribution in [1.82, 2.24) is 0 Å². The molecule has 4 aromatic carbocycles. The van der Waals surface area contributed by atoms with Crippen LogP contribution < -0.4 is 20.7 Å². The molecule has 34 heavy (non-hydrogen) atoms. The summed E-state index contributed by atoms with van der Waals surface area (Å²) in [6.45, 7) is 16.0. The van der Waals surface area contributed by atoms with Crippen LogP contribution in [0.3, 0.4) is 0 Å². The van der Waals surface area contributed by atoms with Gasteiger partial charge < -0.3 is 0 Å². The maximum Gasteiger partial charge on any atom is 0.181 e. The molecule has 0 nitrogen and oxygen atoms in total. The first-order chi connectivity index (χ1) is 16.9. The third-order valence-electron chi connectivity index (χ3n) is 6.18. The van der Waals surface area contributed by atoms with Crippen molar-refractivity contribution in [3.63, 3.8) is 0 Å². The van der Waals surface area contributed by atoms with Gasteiger partial charge in [0.1, 0.15) is 0 Å². The molecule has 4 aromatic rings. The van der Waals surface area contributed by atoms with Crippen molar-refractivity contribution in [2.75, 3.05) is 0 Å². The lowest BCUT2D eigenvalue weighted by molar-refractivity contribution is 1.20. The Labute approximate surface area is 209 Å². The van der Waals surface area contributed by atoms with Gasteiger partial charge in [-0.3, -0.25) is 0 Å². The van der Waals surface area contributed by atoms with Crippen LogP contribution in [0.15, 0.2) is 97.1 Å². The molecule has 0 fully saturated rings. The Kier molecular flexibility index (Phi) is 10.5. The Bertz CT molecular complexity index is 1080. The topological polar surface area (TPSA) is 0 Å². The van der Waals surface area contributed by atoms with Crippen LogP contribution in [0.4, 0.5) is 0 Å². The largest absolute Gasteiger partial charge is 0.181 e. The van der Waals surface area contributed by atoms with E-state index in [0.717, 1.165) is 6.42 Å². The van der Waals surface area contributed by atoms with Gasteiger partial charge in [-0.2, -0.15) is 0 Å². The molecule has 0 aromatic heterocycles. The fraction of sp³-hybridized carbons (Fsp3) is 0.273. The van der Waals surface area contributed by atoms with Crippen molar-refractivity contribution in [2.24, 2.45) is 0 Å². The molecule has 0 unspecified atom stereocenters. The molecule has 0 atom stereocenters. The average molecular weight is 467 g/mol. The Morgan fingerprint density at radius 3 is 1.06 bits per heavy atom. The lowest BCUT2D eigenvalue weighted by atomic mass is 10.0. The third-order valence-corrected chi connectivity index (χ3v) is 11.3. The number of hydrogen-bond acceptors (Lipinski definition) is 0. The van der Waals surface area contributed by atoms with Crippen LogP contribution in [0.1, 0.15) is 66.5 Å². The molecular formula is C33H42Si. The minimum absolute atomic E-state index is 1.05. The van der Waals surface area contributed by atoms with Crippen LogP contribution in [0.2, 0.25) is 0 Å². The molecule has 0 bridgehead atoms. The van der Waals surface area contributed by atoms with E-state index in [1.807, 2.05) is 55.4 Å². The quantitative estimate of drug-likeness (QED) is 0.210. The van der Waals surface area contributed by atoms with E-state index in [-0.39, 0.29) is 0 Å². The molecule has 0 amide bonds. The molecule has 2 aliphatic rings. The van der Waals surface area contributed by atoms with Crippen molar-refractivity contribution < 1.29 is 0 Å². The molecule has 178 valence electrons. The average Bonchev–Trinajstić information content (AvgIpc) is 3.25. The highest BCUT2D eigenvalue weighted by molar-refractivity contribution is 7.22. The summed E-state index contributed by atoms with van der Waals surface area (Å²) < 4.78 is 0. The van der Waals surface area contributed by atoms with Crippen molar-refractivity contribution in [3.05, 3.63) is 108 Å². The summed E-state index contributed by atoms with van der Waals surface area (Å²) in [6.07, 6.45) is 1.05. The summed E-state index contributed by atoms with van der Waals surface area (Å²) in [5.74, 6) is 0. The van der Waals surface area contributed by atoms with Crippen LogP contribution in [-0.4, -0.2) is 8.07 Å². The van der Waals surface area contributed by atoms with Crippen LogP contribution in [0.25, 0.3) is 11.1 Å². The maximum absolute atomic E-state index is 2.40. The molecular weight excluding hydrogens is 424 g/mol. The summed E-state index contributed by atoms with van der Waals surface area (Å²) in [5.41, 5.74) is 5.87. The Balaban J connectivity index is 0.000000467. The second-order valence-corrected chi connectivity index (χ2v) is 11.0.